The van der Waals surface area contributed by atoms with Crippen LogP contribution in [0.15, 0.2) is 18.2 Å². The molecule has 3 rings (SSSR count). The number of carbonyl (C=O) groups excluding carboxylic acids is 1. The van der Waals surface area contributed by atoms with Crippen molar-refractivity contribution in [1.82, 2.24) is 4.90 Å². The smallest absolute Gasteiger partial charge is 0.326 e. The minimum atomic E-state index is -0.916. The van der Waals surface area contributed by atoms with E-state index in [1.807, 2.05) is 0 Å². The largest absolute Gasteiger partial charge is 0.497 e. The minimum Gasteiger partial charge on any atom is -0.497 e. The van der Waals surface area contributed by atoms with E-state index in [-0.39, 0.29) is 11.8 Å². The fraction of sp³-hybridized carbons (Fsp3) is 0.529. The Kier molecular flexibility index (Phi) is 4.15. The van der Waals surface area contributed by atoms with Crippen molar-refractivity contribution in [2.75, 3.05) is 20.8 Å². The molecular weight excluding hydrogens is 298 g/mol. The Hall–Kier alpha value is -2.24. The van der Waals surface area contributed by atoms with E-state index in [4.69, 9.17) is 9.47 Å². The molecule has 1 heterocycles. The van der Waals surface area contributed by atoms with Gasteiger partial charge in [-0.15, -0.1) is 0 Å². The van der Waals surface area contributed by atoms with Gasteiger partial charge in [-0.25, -0.2) is 4.79 Å². The molecule has 1 saturated heterocycles. The Labute approximate surface area is 135 Å². The average molecular weight is 319 g/mol. The summed E-state index contributed by atoms with van der Waals surface area (Å²) in [5, 5.41) is 9.59. The van der Waals surface area contributed by atoms with Crippen molar-refractivity contribution >= 4 is 11.9 Å². The first-order valence-electron chi connectivity index (χ1n) is 7.82. The van der Waals surface area contributed by atoms with Crippen LogP contribution >= 0.6 is 0 Å². The molecule has 124 valence electrons. The zero-order valence-electron chi connectivity index (χ0n) is 13.3. The lowest BCUT2D eigenvalue weighted by atomic mass is 9.94. The molecule has 6 nitrogen and oxygen atoms in total. The second-order valence-corrected chi connectivity index (χ2v) is 6.16. The predicted molar refractivity (Wildman–Crippen MR) is 82.8 cm³/mol. The van der Waals surface area contributed by atoms with Crippen molar-refractivity contribution in [3.8, 4) is 11.5 Å². The van der Waals surface area contributed by atoms with Gasteiger partial charge in [0.2, 0.25) is 0 Å². The van der Waals surface area contributed by atoms with Crippen LogP contribution in [0, 0.1) is 11.8 Å². The van der Waals surface area contributed by atoms with Crippen molar-refractivity contribution in [3.05, 3.63) is 23.8 Å². The maximum Gasteiger partial charge on any atom is 0.326 e. The normalized spacial score (nSPS) is 26.0. The summed E-state index contributed by atoms with van der Waals surface area (Å²) in [6, 6.07) is 4.22. The van der Waals surface area contributed by atoms with Crippen molar-refractivity contribution in [1.29, 1.82) is 0 Å². The van der Waals surface area contributed by atoms with Crippen molar-refractivity contribution in [2.24, 2.45) is 11.8 Å². The summed E-state index contributed by atoms with van der Waals surface area (Å²) in [6.45, 7) is 0.510. The van der Waals surface area contributed by atoms with Crippen LogP contribution in [0.1, 0.15) is 29.6 Å². The monoisotopic (exact) mass is 319 g/mol. The molecule has 2 fully saturated rings. The quantitative estimate of drug-likeness (QED) is 0.919. The number of hydrogen-bond acceptors (Lipinski definition) is 4. The second kappa shape index (κ2) is 6.10. The fourth-order valence-electron chi connectivity index (χ4n) is 3.96. The molecule has 0 spiro atoms. The molecule has 6 heteroatoms. The molecular formula is C17H21NO5. The molecule has 2 aliphatic rings. The molecule has 1 N–H and O–H groups in total. The van der Waals surface area contributed by atoms with Crippen LogP contribution in [-0.2, 0) is 4.79 Å². The van der Waals surface area contributed by atoms with E-state index in [2.05, 4.69) is 0 Å². The van der Waals surface area contributed by atoms with Crippen LogP contribution in [-0.4, -0.2) is 48.7 Å². The van der Waals surface area contributed by atoms with Crippen molar-refractivity contribution < 1.29 is 24.2 Å². The standard InChI is InChI=1S/C17H21NO5/c1-22-11-6-7-13(14(8-11)23-2)16(19)18-9-10-4-3-5-12(10)15(18)17(20)21/h6-8,10,12,15H,3-5,9H2,1-2H3,(H,20,21). The van der Waals surface area contributed by atoms with Crippen molar-refractivity contribution in [3.63, 3.8) is 0 Å². The number of fused-ring (bicyclic) bond motifs is 1. The number of amides is 1. The van der Waals surface area contributed by atoms with E-state index in [1.165, 1.54) is 12.0 Å². The number of likely N-dealkylation sites (tertiary alicyclic amines) is 1. The van der Waals surface area contributed by atoms with Gasteiger partial charge in [0, 0.05) is 12.6 Å². The number of hydrogen-bond donors (Lipinski definition) is 1. The highest BCUT2D eigenvalue weighted by molar-refractivity contribution is 5.99. The summed E-state index contributed by atoms with van der Waals surface area (Å²) in [5.41, 5.74) is 0.375. The molecule has 0 radical (unpaired) electrons. The van der Waals surface area contributed by atoms with E-state index in [1.54, 1.807) is 25.3 Å². The third-order valence-electron chi connectivity index (χ3n) is 5.04. The molecule has 1 aromatic rings. The van der Waals surface area contributed by atoms with Gasteiger partial charge in [0.05, 0.1) is 19.8 Å². The average Bonchev–Trinajstić information content (AvgIpc) is 3.13. The molecule has 1 aliphatic carbocycles. The molecule has 1 saturated carbocycles. The maximum absolute atomic E-state index is 12.9. The number of rotatable bonds is 4. The third kappa shape index (κ3) is 2.62. The first-order chi connectivity index (χ1) is 11.1. The van der Waals surface area contributed by atoms with Crippen LogP contribution in [0.2, 0.25) is 0 Å². The van der Waals surface area contributed by atoms with E-state index in [0.717, 1.165) is 19.3 Å². The number of carboxylic acid groups (broad SMARTS) is 1. The van der Waals surface area contributed by atoms with Gasteiger partial charge in [0.25, 0.3) is 5.91 Å². The number of carboxylic acids is 1. The summed E-state index contributed by atoms with van der Waals surface area (Å²) in [6.07, 6.45) is 2.93. The topological polar surface area (TPSA) is 76.1 Å². The van der Waals surface area contributed by atoms with Gasteiger partial charge in [-0.1, -0.05) is 6.42 Å². The van der Waals surface area contributed by atoms with Crippen LogP contribution in [0.3, 0.4) is 0 Å². The van der Waals surface area contributed by atoms with E-state index in [9.17, 15) is 14.7 Å². The Morgan fingerprint density at radius 2 is 2.00 bits per heavy atom. The summed E-state index contributed by atoms with van der Waals surface area (Å²) in [7, 11) is 3.03. The highest BCUT2D eigenvalue weighted by Gasteiger charge is 2.49. The van der Waals surface area contributed by atoms with Crippen LogP contribution < -0.4 is 9.47 Å². The minimum absolute atomic E-state index is 0.0701. The van der Waals surface area contributed by atoms with Gasteiger partial charge in [-0.2, -0.15) is 0 Å². The number of nitrogens with zero attached hydrogens (tertiary/aromatic N) is 1. The number of methoxy groups -OCH3 is 2. The highest BCUT2D eigenvalue weighted by atomic mass is 16.5. The lowest BCUT2D eigenvalue weighted by Gasteiger charge is -2.25. The Bertz CT molecular complexity index is 629. The van der Waals surface area contributed by atoms with Crippen molar-refractivity contribution in [2.45, 2.75) is 25.3 Å². The van der Waals surface area contributed by atoms with Gasteiger partial charge >= 0.3 is 5.97 Å². The van der Waals surface area contributed by atoms with Crippen LogP contribution in [0.4, 0.5) is 0 Å². The van der Waals surface area contributed by atoms with Crippen LogP contribution in [0.25, 0.3) is 0 Å². The van der Waals surface area contributed by atoms with Gasteiger partial charge in [0.15, 0.2) is 0 Å². The lowest BCUT2D eigenvalue weighted by Crippen LogP contribution is -2.43. The highest BCUT2D eigenvalue weighted by Crippen LogP contribution is 2.43. The Morgan fingerprint density at radius 1 is 1.22 bits per heavy atom. The lowest BCUT2D eigenvalue weighted by molar-refractivity contribution is -0.142. The first kappa shape index (κ1) is 15.6. The summed E-state index contributed by atoms with van der Waals surface area (Å²) >= 11 is 0. The summed E-state index contributed by atoms with van der Waals surface area (Å²) in [5.74, 6) is 0.151. The maximum atomic E-state index is 12.9. The number of carbonyl (C=O) groups is 2. The van der Waals surface area contributed by atoms with Gasteiger partial charge in [-0.05, 0) is 36.8 Å². The summed E-state index contributed by atoms with van der Waals surface area (Å²) in [4.78, 5) is 26.1. The van der Waals surface area contributed by atoms with Gasteiger partial charge < -0.3 is 19.5 Å². The zero-order chi connectivity index (χ0) is 16.6. The van der Waals surface area contributed by atoms with Crippen LogP contribution in [0.5, 0.6) is 11.5 Å². The van der Waals surface area contributed by atoms with Gasteiger partial charge in [0.1, 0.15) is 17.5 Å². The molecule has 1 aliphatic heterocycles. The summed E-state index contributed by atoms with van der Waals surface area (Å²) < 4.78 is 10.4. The second-order valence-electron chi connectivity index (χ2n) is 6.16. The van der Waals surface area contributed by atoms with E-state index < -0.39 is 12.0 Å². The molecule has 0 aromatic heterocycles. The zero-order valence-corrected chi connectivity index (χ0v) is 13.3. The molecule has 1 amide bonds. The fourth-order valence-corrected chi connectivity index (χ4v) is 3.96. The predicted octanol–water partition coefficient (Wildman–Crippen LogP) is 2.03. The van der Waals surface area contributed by atoms with E-state index >= 15 is 0 Å². The Morgan fingerprint density at radius 3 is 2.65 bits per heavy atom. The van der Waals surface area contributed by atoms with E-state index in [0.29, 0.717) is 29.5 Å². The van der Waals surface area contributed by atoms with Gasteiger partial charge in [-0.3, -0.25) is 4.79 Å². The molecule has 0 bridgehead atoms. The molecule has 3 atom stereocenters. The molecule has 3 unspecified atom stereocenters. The third-order valence-corrected chi connectivity index (χ3v) is 5.04. The number of benzene rings is 1. The number of ether oxygens (including phenoxy) is 2. The molecule has 1 aromatic carbocycles. The Balaban J connectivity index is 1.92. The first-order valence-corrected chi connectivity index (χ1v) is 7.82. The SMILES string of the molecule is COc1ccc(C(=O)N2CC3CCCC3C2C(=O)O)c(OC)c1. The molecule has 23 heavy (non-hydrogen) atoms. The number of aliphatic carboxylic acids is 1.